The van der Waals surface area contributed by atoms with Crippen LogP contribution in [0.15, 0.2) is 48.5 Å². The highest BCUT2D eigenvalue weighted by Crippen LogP contribution is 2.32. The second-order valence-electron chi connectivity index (χ2n) is 5.39. The fraction of sp³-hybridized carbons (Fsp3) is 0.235. The van der Waals surface area contributed by atoms with Crippen LogP contribution in [0.1, 0.15) is 30.0 Å². The number of nitrogens with one attached hydrogen (secondary N) is 2. The summed E-state index contributed by atoms with van der Waals surface area (Å²) in [5.74, 6) is 0.868. The average Bonchev–Trinajstić information content (AvgIpc) is 2.90. The number of hydrogen-bond acceptors (Lipinski definition) is 2. The van der Waals surface area contributed by atoms with Crippen LogP contribution >= 0.6 is 0 Å². The number of H-pyrrole nitrogens is 1. The number of imidazole rings is 1. The minimum Gasteiger partial charge on any atom is -0.349 e. The minimum absolute atomic E-state index is 0.362. The Balaban J connectivity index is 1.66. The van der Waals surface area contributed by atoms with E-state index >= 15 is 0 Å². The lowest BCUT2D eigenvalue weighted by Gasteiger charge is -2.26. The first kappa shape index (κ1) is 11.5. The molecule has 2 aromatic carbocycles. The van der Waals surface area contributed by atoms with Crippen molar-refractivity contribution in [3.63, 3.8) is 0 Å². The number of hydrogen-bond donors (Lipinski definition) is 2. The van der Waals surface area contributed by atoms with Gasteiger partial charge in [-0.25, -0.2) is 4.98 Å². The van der Waals surface area contributed by atoms with E-state index in [2.05, 4.69) is 45.6 Å². The molecule has 0 amide bonds. The lowest BCUT2D eigenvalue weighted by Crippen LogP contribution is -2.17. The van der Waals surface area contributed by atoms with Crippen molar-refractivity contribution in [1.29, 1.82) is 0 Å². The fourth-order valence-electron chi connectivity index (χ4n) is 3.09. The average molecular weight is 263 g/mol. The van der Waals surface area contributed by atoms with Crippen LogP contribution in [0.5, 0.6) is 0 Å². The van der Waals surface area contributed by atoms with Crippen LogP contribution in [0.2, 0.25) is 0 Å². The molecule has 1 aliphatic rings. The number of aromatic amines is 1. The van der Waals surface area contributed by atoms with Gasteiger partial charge in [-0.1, -0.05) is 36.4 Å². The summed E-state index contributed by atoms with van der Waals surface area (Å²) >= 11 is 0. The van der Waals surface area contributed by atoms with Crippen molar-refractivity contribution in [3.05, 3.63) is 59.7 Å². The normalized spacial score (nSPS) is 17.9. The van der Waals surface area contributed by atoms with Crippen LogP contribution in [0, 0.1) is 0 Å². The standard InChI is InChI=1S/C17H17N3/c1-2-8-13-12(6-1)7-5-11-14(13)18-17-19-15-9-3-4-10-16(15)20-17/h1-4,6,8-10,14H,5,7,11H2,(H2,18,19,20)/t14-/m0/s1. The molecule has 20 heavy (non-hydrogen) atoms. The Morgan fingerprint density at radius 3 is 2.85 bits per heavy atom. The summed E-state index contributed by atoms with van der Waals surface area (Å²) in [6.45, 7) is 0. The van der Waals surface area contributed by atoms with E-state index in [-0.39, 0.29) is 0 Å². The van der Waals surface area contributed by atoms with E-state index in [4.69, 9.17) is 0 Å². The Morgan fingerprint density at radius 2 is 1.90 bits per heavy atom. The number of anilines is 1. The van der Waals surface area contributed by atoms with Crippen molar-refractivity contribution < 1.29 is 0 Å². The lowest BCUT2D eigenvalue weighted by molar-refractivity contribution is 0.597. The van der Waals surface area contributed by atoms with Gasteiger partial charge in [0.1, 0.15) is 0 Å². The second-order valence-corrected chi connectivity index (χ2v) is 5.39. The Kier molecular flexibility index (Phi) is 2.69. The molecule has 0 saturated carbocycles. The molecule has 0 unspecified atom stereocenters. The third-order valence-electron chi connectivity index (χ3n) is 4.07. The first-order valence-corrected chi connectivity index (χ1v) is 7.19. The van der Waals surface area contributed by atoms with E-state index in [1.54, 1.807) is 0 Å². The number of fused-ring (bicyclic) bond motifs is 2. The van der Waals surface area contributed by atoms with Gasteiger partial charge in [-0.3, -0.25) is 0 Å². The van der Waals surface area contributed by atoms with Gasteiger partial charge in [0.2, 0.25) is 5.95 Å². The molecule has 0 spiro atoms. The highest BCUT2D eigenvalue weighted by atomic mass is 15.1. The summed E-state index contributed by atoms with van der Waals surface area (Å²) in [6, 6.07) is 17.2. The van der Waals surface area contributed by atoms with Crippen LogP contribution in [-0.2, 0) is 6.42 Å². The van der Waals surface area contributed by atoms with E-state index in [1.807, 2.05) is 18.2 Å². The highest BCUT2D eigenvalue weighted by molar-refractivity contribution is 5.77. The van der Waals surface area contributed by atoms with Gasteiger partial charge in [-0.15, -0.1) is 0 Å². The molecule has 100 valence electrons. The molecule has 3 heteroatoms. The SMILES string of the molecule is c1ccc2c(c1)CCC[C@@H]2Nc1nc2ccccc2[nH]1. The van der Waals surface area contributed by atoms with Crippen molar-refractivity contribution >= 4 is 17.0 Å². The summed E-state index contributed by atoms with van der Waals surface area (Å²) in [4.78, 5) is 7.96. The highest BCUT2D eigenvalue weighted by Gasteiger charge is 2.20. The van der Waals surface area contributed by atoms with Crippen LogP contribution in [0.4, 0.5) is 5.95 Å². The minimum atomic E-state index is 0.362. The Labute approximate surface area is 118 Å². The van der Waals surface area contributed by atoms with Crippen molar-refractivity contribution in [2.45, 2.75) is 25.3 Å². The molecule has 0 fully saturated rings. The molecule has 0 aliphatic heterocycles. The van der Waals surface area contributed by atoms with Gasteiger partial charge in [0, 0.05) is 0 Å². The van der Waals surface area contributed by atoms with E-state index < -0.39 is 0 Å². The van der Waals surface area contributed by atoms with E-state index in [9.17, 15) is 0 Å². The van der Waals surface area contributed by atoms with Crippen molar-refractivity contribution in [2.75, 3.05) is 5.32 Å². The largest absolute Gasteiger partial charge is 0.349 e. The molecule has 1 aromatic heterocycles. The van der Waals surface area contributed by atoms with Gasteiger partial charge >= 0.3 is 0 Å². The van der Waals surface area contributed by atoms with Crippen LogP contribution in [0.25, 0.3) is 11.0 Å². The smallest absolute Gasteiger partial charge is 0.201 e. The molecule has 3 aromatic rings. The molecule has 4 rings (SSSR count). The molecule has 0 bridgehead atoms. The maximum Gasteiger partial charge on any atom is 0.201 e. The summed E-state index contributed by atoms with van der Waals surface area (Å²) < 4.78 is 0. The third-order valence-corrected chi connectivity index (χ3v) is 4.07. The number of aromatic nitrogens is 2. The zero-order valence-corrected chi connectivity index (χ0v) is 11.3. The molecule has 0 radical (unpaired) electrons. The quantitative estimate of drug-likeness (QED) is 0.732. The zero-order valence-electron chi connectivity index (χ0n) is 11.3. The van der Waals surface area contributed by atoms with Crippen molar-refractivity contribution in [1.82, 2.24) is 9.97 Å². The predicted octanol–water partition coefficient (Wildman–Crippen LogP) is 4.05. The van der Waals surface area contributed by atoms with E-state index in [0.29, 0.717) is 6.04 Å². The maximum atomic E-state index is 4.61. The third kappa shape index (κ3) is 1.95. The van der Waals surface area contributed by atoms with Crippen molar-refractivity contribution in [2.24, 2.45) is 0 Å². The number of rotatable bonds is 2. The van der Waals surface area contributed by atoms with Gasteiger partial charge in [0.05, 0.1) is 17.1 Å². The fourth-order valence-corrected chi connectivity index (χ4v) is 3.09. The Morgan fingerprint density at radius 1 is 1.05 bits per heavy atom. The number of benzene rings is 2. The molecule has 1 heterocycles. The van der Waals surface area contributed by atoms with Gasteiger partial charge in [0.15, 0.2) is 0 Å². The molecule has 0 saturated heterocycles. The van der Waals surface area contributed by atoms with Crippen LogP contribution in [0.3, 0.4) is 0 Å². The molecule has 1 atom stereocenters. The lowest BCUT2D eigenvalue weighted by atomic mass is 9.88. The molecule has 2 N–H and O–H groups in total. The number of para-hydroxylation sites is 2. The number of nitrogens with zero attached hydrogens (tertiary/aromatic N) is 1. The first-order valence-electron chi connectivity index (χ1n) is 7.19. The first-order chi connectivity index (χ1) is 9.90. The van der Waals surface area contributed by atoms with Crippen LogP contribution in [-0.4, -0.2) is 9.97 Å². The monoisotopic (exact) mass is 263 g/mol. The van der Waals surface area contributed by atoms with E-state index in [0.717, 1.165) is 23.4 Å². The van der Waals surface area contributed by atoms with Gasteiger partial charge in [-0.2, -0.15) is 0 Å². The summed E-state index contributed by atoms with van der Waals surface area (Å²) in [5, 5.41) is 3.56. The topological polar surface area (TPSA) is 40.7 Å². The predicted molar refractivity (Wildman–Crippen MR) is 81.8 cm³/mol. The second kappa shape index (κ2) is 4.67. The van der Waals surface area contributed by atoms with Gasteiger partial charge < -0.3 is 10.3 Å². The van der Waals surface area contributed by atoms with E-state index in [1.165, 1.54) is 24.0 Å². The summed E-state index contributed by atoms with van der Waals surface area (Å²) in [6.07, 6.45) is 3.58. The molecular formula is C17H17N3. The van der Waals surface area contributed by atoms with Gasteiger partial charge in [-0.05, 0) is 42.5 Å². The zero-order chi connectivity index (χ0) is 13.4. The molecule has 3 nitrogen and oxygen atoms in total. The summed E-state index contributed by atoms with van der Waals surface area (Å²) in [5.41, 5.74) is 4.98. The number of aryl methyl sites for hydroxylation is 1. The Hall–Kier alpha value is -2.29. The van der Waals surface area contributed by atoms with Crippen LogP contribution < -0.4 is 5.32 Å². The molecular weight excluding hydrogens is 246 g/mol. The maximum absolute atomic E-state index is 4.61. The van der Waals surface area contributed by atoms with Gasteiger partial charge in [0.25, 0.3) is 0 Å². The Bertz CT molecular complexity index is 712. The molecule has 1 aliphatic carbocycles. The van der Waals surface area contributed by atoms with Crippen molar-refractivity contribution in [3.8, 4) is 0 Å². The summed E-state index contributed by atoms with van der Waals surface area (Å²) in [7, 11) is 0.